The molecule has 0 bridgehead atoms. The van der Waals surface area contributed by atoms with Crippen LogP contribution in [0, 0.1) is 11.6 Å². The van der Waals surface area contributed by atoms with Gasteiger partial charge in [-0.2, -0.15) is 5.10 Å². The Kier molecular flexibility index (Phi) is 3.45. The van der Waals surface area contributed by atoms with Crippen molar-refractivity contribution >= 4 is 11.9 Å². The number of benzene rings is 2. The van der Waals surface area contributed by atoms with Crippen LogP contribution >= 0.6 is 0 Å². The Morgan fingerprint density at radius 1 is 0.941 bits per heavy atom. The molecular formula is C13H10F2N2. The van der Waals surface area contributed by atoms with E-state index in [9.17, 15) is 8.78 Å². The van der Waals surface area contributed by atoms with Crippen LogP contribution in [0.25, 0.3) is 0 Å². The number of anilines is 1. The first-order valence-electron chi connectivity index (χ1n) is 5.04. The standard InChI is InChI=1S/C13H10F2N2/c14-11-4-6-13(7-5-11)17-16-9-10-2-1-3-12(15)8-10/h1-9,17H. The molecule has 0 aromatic heterocycles. The summed E-state index contributed by atoms with van der Waals surface area (Å²) >= 11 is 0. The molecule has 0 aliphatic carbocycles. The van der Waals surface area contributed by atoms with Crippen LogP contribution < -0.4 is 5.43 Å². The fourth-order valence-electron chi connectivity index (χ4n) is 1.29. The lowest BCUT2D eigenvalue weighted by Crippen LogP contribution is -1.91. The minimum Gasteiger partial charge on any atom is -0.279 e. The normalized spacial score (nSPS) is 10.7. The number of rotatable bonds is 3. The summed E-state index contributed by atoms with van der Waals surface area (Å²) in [5.74, 6) is -0.611. The lowest BCUT2D eigenvalue weighted by Gasteiger charge is -1.99. The Labute approximate surface area is 97.6 Å². The molecule has 0 fully saturated rings. The SMILES string of the molecule is Fc1ccc(NN=Cc2cccc(F)c2)cc1. The van der Waals surface area contributed by atoms with Gasteiger partial charge in [0.15, 0.2) is 0 Å². The van der Waals surface area contributed by atoms with Crippen molar-refractivity contribution in [3.8, 4) is 0 Å². The van der Waals surface area contributed by atoms with E-state index in [-0.39, 0.29) is 11.6 Å². The van der Waals surface area contributed by atoms with Gasteiger partial charge in [0, 0.05) is 0 Å². The molecule has 2 aromatic carbocycles. The Morgan fingerprint density at radius 3 is 2.41 bits per heavy atom. The number of nitrogens with zero attached hydrogens (tertiary/aromatic N) is 1. The van der Waals surface area contributed by atoms with Gasteiger partial charge in [0.2, 0.25) is 0 Å². The average Bonchev–Trinajstić information content (AvgIpc) is 2.32. The van der Waals surface area contributed by atoms with Crippen LogP contribution in [0.5, 0.6) is 0 Å². The second kappa shape index (κ2) is 5.21. The van der Waals surface area contributed by atoms with Crippen LogP contribution in [0.15, 0.2) is 53.6 Å². The van der Waals surface area contributed by atoms with Gasteiger partial charge in [-0.15, -0.1) is 0 Å². The second-order valence-corrected chi connectivity index (χ2v) is 3.43. The Morgan fingerprint density at radius 2 is 1.71 bits per heavy atom. The van der Waals surface area contributed by atoms with E-state index in [1.807, 2.05) is 0 Å². The number of hydrogen-bond acceptors (Lipinski definition) is 2. The zero-order valence-electron chi connectivity index (χ0n) is 8.90. The maximum atomic E-state index is 12.8. The lowest BCUT2D eigenvalue weighted by atomic mass is 10.2. The highest BCUT2D eigenvalue weighted by atomic mass is 19.1. The molecule has 0 saturated carbocycles. The second-order valence-electron chi connectivity index (χ2n) is 3.43. The van der Waals surface area contributed by atoms with E-state index in [0.29, 0.717) is 11.3 Å². The lowest BCUT2D eigenvalue weighted by molar-refractivity contribution is 0.627. The molecule has 0 radical (unpaired) electrons. The first kappa shape index (κ1) is 11.3. The molecule has 1 N–H and O–H groups in total. The van der Waals surface area contributed by atoms with Gasteiger partial charge >= 0.3 is 0 Å². The van der Waals surface area contributed by atoms with Crippen LogP contribution in [-0.2, 0) is 0 Å². The van der Waals surface area contributed by atoms with Crippen LogP contribution in [0.2, 0.25) is 0 Å². The predicted octanol–water partition coefficient (Wildman–Crippen LogP) is 3.41. The van der Waals surface area contributed by atoms with Crippen LogP contribution in [0.3, 0.4) is 0 Å². The molecule has 0 atom stereocenters. The summed E-state index contributed by atoms with van der Waals surface area (Å²) in [6, 6.07) is 11.9. The molecule has 17 heavy (non-hydrogen) atoms. The third kappa shape index (κ3) is 3.38. The maximum Gasteiger partial charge on any atom is 0.123 e. The minimum atomic E-state index is -0.310. The van der Waals surface area contributed by atoms with Crippen LogP contribution in [0.1, 0.15) is 5.56 Å². The summed E-state index contributed by atoms with van der Waals surface area (Å²) in [6.07, 6.45) is 1.49. The number of nitrogens with one attached hydrogen (secondary N) is 1. The van der Waals surface area contributed by atoms with Crippen molar-refractivity contribution in [2.45, 2.75) is 0 Å². The average molecular weight is 232 g/mol. The molecule has 0 unspecified atom stereocenters. The van der Waals surface area contributed by atoms with E-state index in [2.05, 4.69) is 10.5 Å². The molecule has 2 nitrogen and oxygen atoms in total. The van der Waals surface area contributed by atoms with Crippen molar-refractivity contribution < 1.29 is 8.78 Å². The molecule has 2 aromatic rings. The predicted molar refractivity (Wildman–Crippen MR) is 64.0 cm³/mol. The van der Waals surface area contributed by atoms with Gasteiger partial charge in [-0.1, -0.05) is 12.1 Å². The quantitative estimate of drug-likeness (QED) is 0.636. The first-order valence-corrected chi connectivity index (χ1v) is 5.04. The fraction of sp³-hybridized carbons (Fsp3) is 0. The van der Waals surface area contributed by atoms with Gasteiger partial charge in [-0.05, 0) is 42.0 Å². The van der Waals surface area contributed by atoms with Gasteiger partial charge in [0.05, 0.1) is 11.9 Å². The molecular weight excluding hydrogens is 222 g/mol. The topological polar surface area (TPSA) is 24.4 Å². The van der Waals surface area contributed by atoms with Crippen molar-refractivity contribution in [1.82, 2.24) is 0 Å². The van der Waals surface area contributed by atoms with E-state index in [4.69, 9.17) is 0 Å². The van der Waals surface area contributed by atoms with Crippen molar-refractivity contribution in [3.05, 3.63) is 65.7 Å². The van der Waals surface area contributed by atoms with Gasteiger partial charge in [0.1, 0.15) is 11.6 Å². The maximum absolute atomic E-state index is 12.8. The van der Waals surface area contributed by atoms with Gasteiger partial charge in [0.25, 0.3) is 0 Å². The summed E-state index contributed by atoms with van der Waals surface area (Å²) < 4.78 is 25.4. The van der Waals surface area contributed by atoms with Gasteiger partial charge in [-0.3, -0.25) is 5.43 Å². The van der Waals surface area contributed by atoms with Crippen molar-refractivity contribution in [3.63, 3.8) is 0 Å². The number of hydrogen-bond donors (Lipinski definition) is 1. The van der Waals surface area contributed by atoms with Crippen molar-refractivity contribution in [2.24, 2.45) is 5.10 Å². The molecule has 0 spiro atoms. The highest BCUT2D eigenvalue weighted by molar-refractivity contribution is 5.80. The summed E-state index contributed by atoms with van der Waals surface area (Å²) in [5, 5.41) is 3.92. The van der Waals surface area contributed by atoms with Gasteiger partial charge in [-0.25, -0.2) is 8.78 Å². The molecule has 0 amide bonds. The molecule has 0 heterocycles. The number of halogens is 2. The molecule has 0 aliphatic heterocycles. The fourth-order valence-corrected chi connectivity index (χ4v) is 1.29. The van der Waals surface area contributed by atoms with Crippen molar-refractivity contribution in [2.75, 3.05) is 5.43 Å². The molecule has 2 rings (SSSR count). The zero-order chi connectivity index (χ0) is 12.1. The highest BCUT2D eigenvalue weighted by Gasteiger charge is 1.92. The molecule has 86 valence electrons. The summed E-state index contributed by atoms with van der Waals surface area (Å²) in [5.41, 5.74) is 4.04. The number of hydrazone groups is 1. The van der Waals surface area contributed by atoms with E-state index < -0.39 is 0 Å². The third-order valence-corrected chi connectivity index (χ3v) is 2.10. The zero-order valence-corrected chi connectivity index (χ0v) is 8.90. The minimum absolute atomic E-state index is 0.301. The largest absolute Gasteiger partial charge is 0.279 e. The third-order valence-electron chi connectivity index (χ3n) is 2.10. The van der Waals surface area contributed by atoms with Crippen LogP contribution in [-0.4, -0.2) is 6.21 Å². The summed E-state index contributed by atoms with van der Waals surface area (Å²) in [6.45, 7) is 0. The molecule has 0 aliphatic rings. The molecule has 0 saturated heterocycles. The highest BCUT2D eigenvalue weighted by Crippen LogP contribution is 2.08. The smallest absolute Gasteiger partial charge is 0.123 e. The van der Waals surface area contributed by atoms with E-state index in [1.165, 1.54) is 30.5 Å². The summed E-state index contributed by atoms with van der Waals surface area (Å²) in [7, 11) is 0. The van der Waals surface area contributed by atoms with E-state index >= 15 is 0 Å². The van der Waals surface area contributed by atoms with Crippen molar-refractivity contribution in [1.29, 1.82) is 0 Å². The monoisotopic (exact) mass is 232 g/mol. The van der Waals surface area contributed by atoms with Gasteiger partial charge < -0.3 is 0 Å². The van der Waals surface area contributed by atoms with Crippen LogP contribution in [0.4, 0.5) is 14.5 Å². The van der Waals surface area contributed by atoms with E-state index in [1.54, 1.807) is 24.3 Å². The Hall–Kier alpha value is -2.23. The Bertz CT molecular complexity index is 521. The summed E-state index contributed by atoms with van der Waals surface area (Å²) in [4.78, 5) is 0. The first-order chi connectivity index (χ1) is 8.24. The molecule has 4 heteroatoms. The Balaban J connectivity index is 2.00. The van der Waals surface area contributed by atoms with E-state index in [0.717, 1.165) is 0 Å².